The van der Waals surface area contributed by atoms with Gasteiger partial charge in [-0.2, -0.15) is 0 Å². The molecule has 0 radical (unpaired) electrons. The molecule has 3 aromatic rings. The summed E-state index contributed by atoms with van der Waals surface area (Å²) >= 11 is 0.536. The van der Waals surface area contributed by atoms with Gasteiger partial charge in [-0.25, -0.2) is 13.2 Å². The van der Waals surface area contributed by atoms with Crippen molar-refractivity contribution in [3.63, 3.8) is 0 Å². The third-order valence-corrected chi connectivity index (χ3v) is 6.58. The number of rotatable bonds is 10. The van der Waals surface area contributed by atoms with Crippen LogP contribution in [0.25, 0.3) is 6.08 Å². The first-order valence-corrected chi connectivity index (χ1v) is 12.8. The fraction of sp³-hybridized carbons (Fsp3) is 0.111. The van der Waals surface area contributed by atoms with Gasteiger partial charge < -0.3 is 20.1 Å². The Morgan fingerprint density at radius 2 is 1.77 bits per heavy atom. The zero-order valence-corrected chi connectivity index (χ0v) is 22.7. The molecule has 1 aliphatic rings. The van der Waals surface area contributed by atoms with Crippen molar-refractivity contribution in [3.05, 3.63) is 92.6 Å². The van der Waals surface area contributed by atoms with Crippen LogP contribution in [0.3, 0.4) is 0 Å². The number of halogens is 3. The van der Waals surface area contributed by atoms with E-state index in [9.17, 15) is 42.5 Å². The molecule has 4 amide bonds. The first kappa shape index (κ1) is 30.6. The number of methoxy groups -OCH3 is 1. The molecule has 0 aromatic heterocycles. The molecular weight excluding hydrogens is 597 g/mol. The van der Waals surface area contributed by atoms with Crippen molar-refractivity contribution in [3.8, 4) is 11.5 Å². The topological polar surface area (TPSA) is 157 Å². The molecule has 2 N–H and O–H groups in total. The molecule has 0 bridgehead atoms. The number of hydrogen-bond donors (Lipinski definition) is 2. The smallest absolute Gasteiger partial charge is 0.294 e. The SMILES string of the molecule is COc1cc(/C=C2\SC(=O)N(CC(=O)Nc3ccc(F)c(F)c3F)C2=O)ccc1OCC(=O)Nc1cccc([N+](=O)[O-])c1. The summed E-state index contributed by atoms with van der Waals surface area (Å²) in [4.78, 5) is 60.6. The molecule has 222 valence electrons. The van der Waals surface area contributed by atoms with Crippen LogP contribution in [0.5, 0.6) is 11.5 Å². The van der Waals surface area contributed by atoms with Crippen LogP contribution in [0.1, 0.15) is 5.56 Å². The quantitative estimate of drug-likeness (QED) is 0.142. The predicted molar refractivity (Wildman–Crippen MR) is 148 cm³/mol. The average molecular weight is 617 g/mol. The number of benzene rings is 3. The number of hydrogen-bond acceptors (Lipinski definition) is 9. The van der Waals surface area contributed by atoms with Crippen molar-refractivity contribution in [1.29, 1.82) is 0 Å². The van der Waals surface area contributed by atoms with Gasteiger partial charge in [-0.05, 0) is 53.7 Å². The first-order valence-electron chi connectivity index (χ1n) is 12.0. The van der Waals surface area contributed by atoms with Gasteiger partial charge in [0.2, 0.25) is 5.91 Å². The van der Waals surface area contributed by atoms with Gasteiger partial charge in [0.25, 0.3) is 22.7 Å². The van der Waals surface area contributed by atoms with Crippen LogP contribution in [0.4, 0.5) is 35.0 Å². The lowest BCUT2D eigenvalue weighted by molar-refractivity contribution is -0.384. The lowest BCUT2D eigenvalue weighted by Gasteiger charge is -2.13. The Kier molecular flexibility index (Phi) is 9.29. The van der Waals surface area contributed by atoms with E-state index in [0.717, 1.165) is 6.07 Å². The minimum Gasteiger partial charge on any atom is -0.493 e. The molecule has 1 heterocycles. The van der Waals surface area contributed by atoms with Gasteiger partial charge in [0, 0.05) is 17.8 Å². The molecule has 43 heavy (non-hydrogen) atoms. The van der Waals surface area contributed by atoms with Crippen LogP contribution >= 0.6 is 11.8 Å². The van der Waals surface area contributed by atoms with E-state index in [-0.39, 0.29) is 27.8 Å². The second-order valence-corrected chi connectivity index (χ2v) is 9.59. The third kappa shape index (κ3) is 7.28. The molecule has 0 unspecified atom stereocenters. The zero-order valence-electron chi connectivity index (χ0n) is 21.9. The number of carbonyl (C=O) groups excluding carboxylic acids is 4. The van der Waals surface area contributed by atoms with E-state index in [1.165, 1.54) is 55.7 Å². The molecule has 4 rings (SSSR count). The van der Waals surface area contributed by atoms with E-state index in [1.54, 1.807) is 0 Å². The highest BCUT2D eigenvalue weighted by molar-refractivity contribution is 8.18. The van der Waals surface area contributed by atoms with Crippen LogP contribution in [0.2, 0.25) is 0 Å². The van der Waals surface area contributed by atoms with Crippen molar-refractivity contribution < 1.29 is 46.7 Å². The molecule has 1 saturated heterocycles. The standard InChI is InChI=1S/C27H19F3N4O8S/c1-41-20-9-14(5-8-19(20)42-13-23(36)31-15-3-2-4-16(11-15)34(39)40)10-21-26(37)33(27(38)43-21)12-22(35)32-18-7-6-17(28)24(29)25(18)30/h2-11H,12-13H2,1H3,(H,31,36)(H,32,35)/b21-10-. The zero-order chi connectivity index (χ0) is 31.3. The molecule has 1 aliphatic heterocycles. The highest BCUT2D eigenvalue weighted by atomic mass is 32.2. The number of nitro benzene ring substituents is 1. The number of imide groups is 1. The molecule has 16 heteroatoms. The molecule has 1 fully saturated rings. The van der Waals surface area contributed by atoms with Crippen LogP contribution in [0.15, 0.2) is 59.5 Å². The van der Waals surface area contributed by atoms with Crippen LogP contribution in [-0.4, -0.2) is 53.0 Å². The van der Waals surface area contributed by atoms with Crippen molar-refractivity contribution in [1.82, 2.24) is 4.90 Å². The lowest BCUT2D eigenvalue weighted by atomic mass is 10.2. The monoisotopic (exact) mass is 616 g/mol. The van der Waals surface area contributed by atoms with Crippen molar-refractivity contribution in [2.75, 3.05) is 30.9 Å². The number of nitrogens with one attached hydrogen (secondary N) is 2. The number of non-ortho nitro benzene ring substituents is 1. The summed E-state index contributed by atoms with van der Waals surface area (Å²) in [5.41, 5.74) is -0.270. The molecule has 12 nitrogen and oxygen atoms in total. The Morgan fingerprint density at radius 3 is 2.49 bits per heavy atom. The average Bonchev–Trinajstić information content (AvgIpc) is 3.23. The van der Waals surface area contributed by atoms with Gasteiger partial charge >= 0.3 is 0 Å². The van der Waals surface area contributed by atoms with Gasteiger partial charge in [0.1, 0.15) is 6.54 Å². The summed E-state index contributed by atoms with van der Waals surface area (Å²) < 4.78 is 51.2. The fourth-order valence-corrected chi connectivity index (χ4v) is 4.51. The number of carbonyl (C=O) groups is 4. The summed E-state index contributed by atoms with van der Waals surface area (Å²) in [5, 5.41) is 14.6. The summed E-state index contributed by atoms with van der Waals surface area (Å²) in [6.45, 7) is -1.28. The number of thioether (sulfide) groups is 1. The molecule has 0 aliphatic carbocycles. The van der Waals surface area contributed by atoms with Gasteiger partial charge in [0.05, 0.1) is 22.6 Å². The predicted octanol–water partition coefficient (Wildman–Crippen LogP) is 4.71. The van der Waals surface area contributed by atoms with Gasteiger partial charge in [-0.1, -0.05) is 12.1 Å². The summed E-state index contributed by atoms with van der Waals surface area (Å²) in [6.07, 6.45) is 1.35. The maximum Gasteiger partial charge on any atom is 0.294 e. The number of nitro groups is 1. The summed E-state index contributed by atoms with van der Waals surface area (Å²) in [6, 6.07) is 11.2. The van der Waals surface area contributed by atoms with E-state index >= 15 is 0 Å². The highest BCUT2D eigenvalue weighted by Gasteiger charge is 2.36. The Hall–Kier alpha value is -5.38. The molecule has 0 saturated carbocycles. The minimum absolute atomic E-state index is 0.0520. The Labute approximate surface area is 244 Å². The largest absolute Gasteiger partial charge is 0.493 e. The van der Waals surface area contributed by atoms with Crippen molar-refractivity contribution >= 4 is 57.9 Å². The fourth-order valence-electron chi connectivity index (χ4n) is 3.67. The molecule has 0 spiro atoms. The number of nitrogens with zero attached hydrogens (tertiary/aromatic N) is 2. The Morgan fingerprint density at radius 1 is 1.00 bits per heavy atom. The second-order valence-electron chi connectivity index (χ2n) is 8.59. The van der Waals surface area contributed by atoms with Gasteiger partial charge in [0.15, 0.2) is 35.6 Å². The molecular formula is C27H19F3N4O8S. The minimum atomic E-state index is -1.79. The van der Waals surface area contributed by atoms with E-state index in [4.69, 9.17) is 9.47 Å². The van der Waals surface area contributed by atoms with E-state index in [0.29, 0.717) is 28.3 Å². The van der Waals surface area contributed by atoms with Crippen LogP contribution < -0.4 is 20.1 Å². The number of amides is 4. The van der Waals surface area contributed by atoms with Crippen molar-refractivity contribution in [2.45, 2.75) is 0 Å². The second kappa shape index (κ2) is 13.1. The van der Waals surface area contributed by atoms with E-state index in [1.807, 2.05) is 5.32 Å². The normalized spacial score (nSPS) is 13.7. The van der Waals surface area contributed by atoms with E-state index < -0.39 is 64.2 Å². The van der Waals surface area contributed by atoms with Crippen LogP contribution in [0, 0.1) is 27.6 Å². The highest BCUT2D eigenvalue weighted by Crippen LogP contribution is 2.34. The third-order valence-electron chi connectivity index (χ3n) is 5.67. The van der Waals surface area contributed by atoms with Crippen molar-refractivity contribution in [2.24, 2.45) is 0 Å². The summed E-state index contributed by atoms with van der Waals surface area (Å²) in [5.74, 6) is -7.00. The lowest BCUT2D eigenvalue weighted by Crippen LogP contribution is -2.36. The van der Waals surface area contributed by atoms with E-state index in [2.05, 4.69) is 5.32 Å². The first-order chi connectivity index (χ1) is 20.5. The maximum absolute atomic E-state index is 13.8. The van der Waals surface area contributed by atoms with Crippen LogP contribution in [-0.2, 0) is 14.4 Å². The maximum atomic E-state index is 13.8. The number of anilines is 2. The Bertz CT molecular complexity index is 1680. The number of ether oxygens (including phenoxy) is 2. The van der Waals surface area contributed by atoms with Gasteiger partial charge in [-0.3, -0.25) is 34.2 Å². The Balaban J connectivity index is 1.38. The molecule has 0 atom stereocenters. The summed E-state index contributed by atoms with van der Waals surface area (Å²) in [7, 11) is 1.33. The van der Waals surface area contributed by atoms with Gasteiger partial charge in [-0.15, -0.1) is 0 Å². The molecule has 3 aromatic carbocycles.